The van der Waals surface area contributed by atoms with E-state index in [0.29, 0.717) is 16.8 Å². The van der Waals surface area contributed by atoms with E-state index in [1.54, 1.807) is 24.3 Å². The van der Waals surface area contributed by atoms with Gasteiger partial charge in [0.15, 0.2) is 12.2 Å². The number of amides is 1. The van der Waals surface area contributed by atoms with Crippen LogP contribution in [-0.4, -0.2) is 27.6 Å². The van der Waals surface area contributed by atoms with Crippen molar-refractivity contribution in [1.29, 1.82) is 0 Å². The minimum absolute atomic E-state index is 0.342. The quantitative estimate of drug-likeness (QED) is 0.402. The van der Waals surface area contributed by atoms with Gasteiger partial charge in [-0.3, -0.25) is 14.2 Å². The number of hydrogen-bond acceptors (Lipinski definition) is 5. The molecule has 5 aromatic rings. The highest BCUT2D eigenvalue weighted by atomic mass is 16.5. The third-order valence-electron chi connectivity index (χ3n) is 5.60. The van der Waals surface area contributed by atoms with Crippen molar-refractivity contribution in [2.75, 3.05) is 11.9 Å². The summed E-state index contributed by atoms with van der Waals surface area (Å²) in [4.78, 5) is 36.6. The third kappa shape index (κ3) is 3.76. The summed E-state index contributed by atoms with van der Waals surface area (Å²) in [7, 11) is 0. The number of nitrogens with zero attached hydrogens (tertiary/aromatic N) is 2. The summed E-state index contributed by atoms with van der Waals surface area (Å²) in [5.41, 5.74) is 3.70. The zero-order valence-corrected chi connectivity index (χ0v) is 17.9. The van der Waals surface area contributed by atoms with Crippen molar-refractivity contribution in [3.63, 3.8) is 0 Å². The zero-order chi connectivity index (χ0) is 22.9. The highest BCUT2D eigenvalue weighted by Crippen LogP contribution is 2.30. The molecule has 0 atom stereocenters. The van der Waals surface area contributed by atoms with Crippen molar-refractivity contribution < 1.29 is 18.7 Å². The van der Waals surface area contributed by atoms with Crippen LogP contribution in [0.3, 0.4) is 0 Å². The van der Waals surface area contributed by atoms with E-state index in [1.165, 1.54) is 4.57 Å². The maximum atomic E-state index is 12.4. The van der Waals surface area contributed by atoms with Crippen molar-refractivity contribution in [3.05, 3.63) is 77.3 Å². The number of rotatable bonds is 6. The Morgan fingerprint density at radius 2 is 1.64 bits per heavy atom. The molecule has 1 amide bonds. The van der Waals surface area contributed by atoms with E-state index in [0.717, 1.165) is 28.4 Å². The monoisotopic (exact) mass is 443 g/mol. The Bertz CT molecular complexity index is 1570. The van der Waals surface area contributed by atoms with E-state index in [9.17, 15) is 14.4 Å². The van der Waals surface area contributed by atoms with Crippen LogP contribution < -0.4 is 11.1 Å². The minimum atomic E-state index is -0.708. The Labute approximate surface area is 188 Å². The molecule has 0 saturated carbocycles. The molecule has 0 radical (unpaired) electrons. The molecule has 33 heavy (non-hydrogen) atoms. The summed E-state index contributed by atoms with van der Waals surface area (Å²) in [6.07, 6.45) is 0. The normalized spacial score (nSPS) is 11.3. The number of fused-ring (bicyclic) bond motifs is 4. The number of aryl methyl sites for hydroxylation is 1. The molecule has 166 valence electrons. The van der Waals surface area contributed by atoms with Gasteiger partial charge in [0.2, 0.25) is 0 Å². The van der Waals surface area contributed by atoms with Gasteiger partial charge in [0.05, 0.1) is 5.52 Å². The molecular formula is C25H21N3O5. The number of anilines is 1. The number of para-hydroxylation sites is 3. The molecule has 3 aromatic carbocycles. The van der Waals surface area contributed by atoms with Gasteiger partial charge < -0.3 is 19.0 Å². The van der Waals surface area contributed by atoms with E-state index in [2.05, 4.69) is 28.9 Å². The van der Waals surface area contributed by atoms with Crippen LogP contribution in [0.25, 0.3) is 32.9 Å². The van der Waals surface area contributed by atoms with Gasteiger partial charge in [-0.05, 0) is 43.3 Å². The first-order chi connectivity index (χ1) is 16.0. The second kappa shape index (κ2) is 8.31. The third-order valence-corrected chi connectivity index (χ3v) is 5.60. The summed E-state index contributed by atoms with van der Waals surface area (Å²) >= 11 is 0. The first-order valence-electron chi connectivity index (χ1n) is 10.6. The number of carbonyl (C=O) groups is 2. The summed E-state index contributed by atoms with van der Waals surface area (Å²) in [6, 6.07) is 20.6. The fourth-order valence-corrected chi connectivity index (χ4v) is 4.15. The molecule has 8 nitrogen and oxygen atoms in total. The van der Waals surface area contributed by atoms with Gasteiger partial charge in [-0.1, -0.05) is 30.3 Å². The number of hydrogen-bond donors (Lipinski definition) is 1. The number of aromatic nitrogens is 2. The number of esters is 1. The lowest BCUT2D eigenvalue weighted by Gasteiger charge is -2.08. The van der Waals surface area contributed by atoms with Crippen LogP contribution in [0.15, 0.2) is 75.9 Å². The number of nitrogens with one attached hydrogen (secondary N) is 1. The molecule has 0 spiro atoms. The topological polar surface area (TPSA) is 95.5 Å². The van der Waals surface area contributed by atoms with Crippen LogP contribution in [0, 0.1) is 0 Å². The van der Waals surface area contributed by atoms with Gasteiger partial charge in [-0.15, -0.1) is 0 Å². The maximum absolute atomic E-state index is 12.4. The summed E-state index contributed by atoms with van der Waals surface area (Å²) in [5, 5.41) is 4.91. The lowest BCUT2D eigenvalue weighted by Crippen LogP contribution is -2.25. The SMILES string of the molecule is CCn1c2ccccc2c2cc(NC(=O)COC(=O)Cn3c(=O)oc4ccccc43)ccc21. The maximum Gasteiger partial charge on any atom is 0.420 e. The number of ether oxygens (including phenoxy) is 1. The Kier molecular flexibility index (Phi) is 5.18. The van der Waals surface area contributed by atoms with Crippen LogP contribution >= 0.6 is 0 Å². The average molecular weight is 443 g/mol. The predicted octanol–water partition coefficient (Wildman–Crippen LogP) is 3.90. The van der Waals surface area contributed by atoms with Crippen LogP contribution in [-0.2, 0) is 27.4 Å². The van der Waals surface area contributed by atoms with Gasteiger partial charge in [-0.25, -0.2) is 4.79 Å². The van der Waals surface area contributed by atoms with E-state index >= 15 is 0 Å². The molecule has 0 aliphatic heterocycles. The molecule has 0 fully saturated rings. The van der Waals surface area contributed by atoms with E-state index in [1.807, 2.05) is 30.3 Å². The van der Waals surface area contributed by atoms with E-state index in [4.69, 9.17) is 9.15 Å². The number of benzene rings is 3. The lowest BCUT2D eigenvalue weighted by atomic mass is 10.1. The van der Waals surface area contributed by atoms with Crippen molar-refractivity contribution in [1.82, 2.24) is 9.13 Å². The van der Waals surface area contributed by atoms with E-state index < -0.39 is 24.2 Å². The first kappa shape index (κ1) is 20.6. The smallest absolute Gasteiger partial charge is 0.420 e. The Balaban J connectivity index is 1.27. The first-order valence-corrected chi connectivity index (χ1v) is 10.6. The van der Waals surface area contributed by atoms with Crippen LogP contribution in [0.4, 0.5) is 5.69 Å². The molecule has 1 N–H and O–H groups in total. The lowest BCUT2D eigenvalue weighted by molar-refractivity contribution is -0.147. The van der Waals surface area contributed by atoms with Crippen molar-refractivity contribution in [3.8, 4) is 0 Å². The molecule has 2 aromatic heterocycles. The minimum Gasteiger partial charge on any atom is -0.454 e. The molecule has 0 saturated heterocycles. The van der Waals surface area contributed by atoms with Crippen molar-refractivity contribution in [2.45, 2.75) is 20.0 Å². The molecule has 0 bridgehead atoms. The van der Waals surface area contributed by atoms with Crippen LogP contribution in [0.5, 0.6) is 0 Å². The molecule has 0 aliphatic carbocycles. The highest BCUT2D eigenvalue weighted by Gasteiger charge is 2.15. The van der Waals surface area contributed by atoms with Gasteiger partial charge >= 0.3 is 11.7 Å². The molecule has 0 unspecified atom stereocenters. The van der Waals surface area contributed by atoms with Crippen molar-refractivity contribution in [2.24, 2.45) is 0 Å². The second-order valence-corrected chi connectivity index (χ2v) is 7.62. The number of oxazole rings is 1. The van der Waals surface area contributed by atoms with Crippen LogP contribution in [0.1, 0.15) is 6.92 Å². The fraction of sp³-hybridized carbons (Fsp3) is 0.160. The van der Waals surface area contributed by atoms with E-state index in [-0.39, 0.29) is 6.54 Å². The van der Waals surface area contributed by atoms with Crippen molar-refractivity contribution >= 4 is 50.5 Å². The molecule has 5 rings (SSSR count). The Morgan fingerprint density at radius 1 is 0.909 bits per heavy atom. The predicted molar refractivity (Wildman–Crippen MR) is 125 cm³/mol. The fourth-order valence-electron chi connectivity index (χ4n) is 4.15. The van der Waals surface area contributed by atoms with Gasteiger partial charge in [0, 0.05) is 34.0 Å². The summed E-state index contributed by atoms with van der Waals surface area (Å²) < 4.78 is 13.6. The summed E-state index contributed by atoms with van der Waals surface area (Å²) in [5.74, 6) is -1.83. The van der Waals surface area contributed by atoms with Gasteiger partial charge in [-0.2, -0.15) is 0 Å². The largest absolute Gasteiger partial charge is 0.454 e. The zero-order valence-electron chi connectivity index (χ0n) is 17.9. The van der Waals surface area contributed by atoms with Gasteiger partial charge in [0.25, 0.3) is 5.91 Å². The summed E-state index contributed by atoms with van der Waals surface area (Å²) in [6.45, 7) is 2.13. The Morgan fingerprint density at radius 3 is 2.45 bits per heavy atom. The molecule has 0 aliphatic rings. The highest BCUT2D eigenvalue weighted by molar-refractivity contribution is 6.09. The Hall–Kier alpha value is -4.33. The molecule has 8 heteroatoms. The molecule has 2 heterocycles. The molecular weight excluding hydrogens is 422 g/mol. The average Bonchev–Trinajstić information content (AvgIpc) is 3.31. The van der Waals surface area contributed by atoms with Crippen LogP contribution in [0.2, 0.25) is 0 Å². The second-order valence-electron chi connectivity index (χ2n) is 7.62. The standard InChI is InChI=1S/C25H21N3O5/c1-2-27-19-8-4-3-7-17(19)18-13-16(11-12-20(18)27)26-23(29)15-32-24(30)14-28-21-9-5-6-10-22(21)33-25(28)31/h3-13H,2,14-15H2,1H3,(H,26,29). The number of carbonyl (C=O) groups excluding carboxylic acids is 2. The van der Waals surface area contributed by atoms with Gasteiger partial charge in [0.1, 0.15) is 6.54 Å².